The molecule has 1 unspecified atom stereocenters. The minimum Gasteiger partial charge on any atom is -1.00 e. The van der Waals surface area contributed by atoms with Crippen LogP contribution in [0.5, 0.6) is 0 Å². The normalized spacial score (nSPS) is 7.33. The van der Waals surface area contributed by atoms with Crippen molar-refractivity contribution in [3.63, 3.8) is 0 Å². The van der Waals surface area contributed by atoms with E-state index >= 15 is 0 Å². The third-order valence-electron chi connectivity index (χ3n) is 0. The number of rotatable bonds is 0. The van der Waals surface area contributed by atoms with Gasteiger partial charge in [-0.3, -0.25) is 0 Å². The summed E-state index contributed by atoms with van der Waals surface area (Å²) >= 11 is 3.69. The van der Waals surface area contributed by atoms with Crippen LogP contribution in [0.25, 0.3) is 0 Å². The first kappa shape index (κ1) is 15.7. The summed E-state index contributed by atoms with van der Waals surface area (Å²) in [5.41, 5.74) is 0. The van der Waals surface area contributed by atoms with Crippen molar-refractivity contribution in [1.29, 1.82) is 0 Å². The summed E-state index contributed by atoms with van der Waals surface area (Å²) < 4.78 is 8.96. The molecule has 0 aromatic carbocycles. The Balaban J connectivity index is -0.0000000450. The molecule has 2 nitrogen and oxygen atoms in total. The van der Waals surface area contributed by atoms with Crippen molar-refractivity contribution in [2.24, 2.45) is 0 Å². The van der Waals surface area contributed by atoms with E-state index in [2.05, 4.69) is 12.2 Å². The summed E-state index contributed by atoms with van der Waals surface area (Å²) in [7, 11) is -2.29. The van der Waals surface area contributed by atoms with E-state index in [1.54, 1.807) is 0 Å². The molecule has 0 aliphatic rings. The zero-order valence-electron chi connectivity index (χ0n) is 3.09. The molecule has 0 heterocycles. The van der Waals surface area contributed by atoms with E-state index < -0.39 is 7.23 Å². The Kier molecular flexibility index (Phi) is 25.0. The number of hydrogen-bond acceptors (Lipinski definition) is 2. The molecule has 6 heteroatoms. The van der Waals surface area contributed by atoms with Gasteiger partial charge in [-0.25, -0.2) is 0 Å². The predicted octanol–water partition coefficient (Wildman–Crippen LogP) is -5.81. The van der Waals surface area contributed by atoms with Gasteiger partial charge in [0.05, 0.1) is 0 Å². The van der Waals surface area contributed by atoms with Gasteiger partial charge >= 0.3 is 26.1 Å². The van der Waals surface area contributed by atoms with E-state index in [9.17, 15) is 0 Å². The minimum absolute atomic E-state index is 0. The maximum absolute atomic E-state index is 8.96. The fraction of sp³-hybridized carbons (Fsp3) is 0. The van der Waals surface area contributed by atoms with Crippen LogP contribution in [0.15, 0.2) is 0 Å². The van der Waals surface area contributed by atoms with Gasteiger partial charge in [0.15, 0.2) is 0 Å². The van der Waals surface area contributed by atoms with Gasteiger partial charge in [-0.1, -0.05) is 4.57 Å². The Morgan fingerprint density at radius 2 is 1.67 bits per heavy atom. The third kappa shape index (κ3) is 58.1. The minimum atomic E-state index is -2.29. The second-order valence-corrected chi connectivity index (χ2v) is 1.65. The van der Waals surface area contributed by atoms with Crippen molar-refractivity contribution >= 4 is 19.5 Å². The Bertz CT molecular complexity index is 36.5. The average Bonchev–Trinajstić information content (AvgIpc) is 0.811. The monoisotopic (exact) mass is 138 g/mol. The van der Waals surface area contributed by atoms with Crippen molar-refractivity contribution in [3.05, 3.63) is 0 Å². The van der Waals surface area contributed by atoms with Crippen LogP contribution < -0.4 is 31.3 Å². The molecule has 1 atom stereocenters. The van der Waals surface area contributed by atoms with Crippen LogP contribution in [0.3, 0.4) is 0 Å². The van der Waals surface area contributed by atoms with Crippen molar-refractivity contribution in [2.75, 3.05) is 0 Å². The van der Waals surface area contributed by atoms with Crippen molar-refractivity contribution < 1.29 is 40.7 Å². The first-order chi connectivity index (χ1) is 1.73. The van der Waals surface area contributed by atoms with E-state index in [0.717, 1.165) is 0 Å². The number of halogens is 1. The van der Waals surface area contributed by atoms with Crippen molar-refractivity contribution in [1.82, 2.24) is 0 Å². The van der Waals surface area contributed by atoms with Crippen LogP contribution in [0.2, 0.25) is 0 Å². The molecule has 0 spiro atoms. The molecule has 0 amide bonds. The Morgan fingerprint density at radius 3 is 1.67 bits per heavy atom. The van der Waals surface area contributed by atoms with E-state index in [4.69, 9.17) is 9.46 Å². The smallest absolute Gasteiger partial charge is 1.00 e. The van der Waals surface area contributed by atoms with Gasteiger partial charge in [-0.15, -0.1) is 0 Å². The summed E-state index contributed by atoms with van der Waals surface area (Å²) in [6, 6.07) is 0. The topological polar surface area (TPSA) is 37.3 Å². The standard InChI is InChI=1S/ClH.Li.HO2PS/c;;1-3(2)4/h1H;;(H,1,2,4)/q;+1;/p-1. The van der Waals surface area contributed by atoms with Gasteiger partial charge < -0.3 is 24.7 Å². The van der Waals surface area contributed by atoms with Crippen molar-refractivity contribution in [2.45, 2.75) is 0 Å². The van der Waals surface area contributed by atoms with Gasteiger partial charge in [0.2, 0.25) is 0 Å². The average molecular weight is 138 g/mol. The molecule has 0 aliphatic heterocycles. The predicted molar refractivity (Wildman–Crippen MR) is 17.2 cm³/mol. The largest absolute Gasteiger partial charge is 1.00 e. The van der Waals surface area contributed by atoms with Gasteiger partial charge in [-0.05, 0) is 0 Å². The van der Waals surface area contributed by atoms with Crippen LogP contribution in [-0.2, 0) is 16.8 Å². The molecular weight excluding hydrogens is 137 g/mol. The zero-order chi connectivity index (χ0) is 3.58. The summed E-state index contributed by atoms with van der Waals surface area (Å²) in [6.07, 6.45) is 0. The van der Waals surface area contributed by atoms with Crippen LogP contribution in [0, 0.1) is 0 Å². The SMILES string of the molecule is O=[P+](O)[S-].[Cl-].[Li+]. The molecule has 0 bridgehead atoms. The van der Waals surface area contributed by atoms with Gasteiger partial charge in [0.25, 0.3) is 0 Å². The Labute approximate surface area is 60.3 Å². The molecule has 0 saturated heterocycles. The van der Waals surface area contributed by atoms with Crippen LogP contribution >= 0.6 is 7.23 Å². The Morgan fingerprint density at radius 1 is 1.67 bits per heavy atom. The van der Waals surface area contributed by atoms with Gasteiger partial charge in [-0.2, -0.15) is 4.89 Å². The molecule has 6 heavy (non-hydrogen) atoms. The molecule has 32 valence electrons. The van der Waals surface area contributed by atoms with E-state index in [1.807, 2.05) is 0 Å². The summed E-state index contributed by atoms with van der Waals surface area (Å²) in [4.78, 5) is 7.38. The van der Waals surface area contributed by atoms with E-state index in [-0.39, 0.29) is 31.3 Å². The maximum Gasteiger partial charge on any atom is 1.00 e. The van der Waals surface area contributed by atoms with Crippen LogP contribution in [-0.4, -0.2) is 4.89 Å². The second kappa shape index (κ2) is 9.57. The van der Waals surface area contributed by atoms with Crippen LogP contribution in [0.4, 0.5) is 0 Å². The quantitative estimate of drug-likeness (QED) is 0.206. The zero-order valence-corrected chi connectivity index (χ0v) is 5.56. The molecule has 1 N–H and O–H groups in total. The fourth-order valence-electron chi connectivity index (χ4n) is 0. The molecule has 0 fully saturated rings. The summed E-state index contributed by atoms with van der Waals surface area (Å²) in [5, 5.41) is 0. The fourth-order valence-corrected chi connectivity index (χ4v) is 0. The van der Waals surface area contributed by atoms with Crippen molar-refractivity contribution in [3.8, 4) is 0 Å². The summed E-state index contributed by atoms with van der Waals surface area (Å²) in [5.74, 6) is 0. The molecule has 0 radical (unpaired) electrons. The summed E-state index contributed by atoms with van der Waals surface area (Å²) in [6.45, 7) is 0. The van der Waals surface area contributed by atoms with Crippen LogP contribution in [0.1, 0.15) is 0 Å². The molecule has 0 aromatic heterocycles. The van der Waals surface area contributed by atoms with Gasteiger partial charge in [0, 0.05) is 0 Å². The molecule has 0 aliphatic carbocycles. The molecule has 0 aromatic rings. The second-order valence-electron chi connectivity index (χ2n) is 0.238. The molecular formula is HClLiO2PS. The Hall–Kier alpha value is 1.30. The maximum atomic E-state index is 8.96. The first-order valence-corrected chi connectivity index (χ1v) is 2.79. The van der Waals surface area contributed by atoms with E-state index in [0.29, 0.717) is 0 Å². The third-order valence-corrected chi connectivity index (χ3v) is 0. The van der Waals surface area contributed by atoms with Gasteiger partial charge in [0.1, 0.15) is 0 Å². The number of hydrogen-bond donors (Lipinski definition) is 1. The molecule has 0 rings (SSSR count). The van der Waals surface area contributed by atoms with E-state index in [1.165, 1.54) is 0 Å². The first-order valence-electron chi connectivity index (χ1n) is 0.565. The molecule has 0 saturated carbocycles.